The highest BCUT2D eigenvalue weighted by molar-refractivity contribution is 5.81. The molecule has 1 amide bonds. The van der Waals surface area contributed by atoms with Crippen LogP contribution in [0.4, 0.5) is 0 Å². The third kappa shape index (κ3) is 6.74. The van der Waals surface area contributed by atoms with Gasteiger partial charge in [-0.25, -0.2) is 0 Å². The topological polar surface area (TPSA) is 49.6 Å². The molecule has 1 aromatic carbocycles. The summed E-state index contributed by atoms with van der Waals surface area (Å²) in [4.78, 5) is 16.5. The first kappa shape index (κ1) is 17.7. The molecular weight excluding hydrogens is 262 g/mol. The molecule has 0 aliphatic rings. The van der Waals surface area contributed by atoms with E-state index < -0.39 is 6.04 Å². The van der Waals surface area contributed by atoms with Gasteiger partial charge in [-0.1, -0.05) is 44.2 Å². The molecule has 0 fully saturated rings. The number of nitrogens with zero attached hydrogens (tertiary/aromatic N) is 2. The molecule has 0 heterocycles. The van der Waals surface area contributed by atoms with E-state index in [0.717, 1.165) is 18.5 Å². The first-order valence-corrected chi connectivity index (χ1v) is 7.63. The minimum atomic E-state index is -0.407. The number of amides is 1. The van der Waals surface area contributed by atoms with Gasteiger partial charge in [0.1, 0.15) is 0 Å². The molecular formula is C17H29N3O. The lowest BCUT2D eigenvalue weighted by Gasteiger charge is -2.27. The number of benzene rings is 1. The van der Waals surface area contributed by atoms with Crippen LogP contribution in [0.2, 0.25) is 0 Å². The Morgan fingerprint density at radius 1 is 1.14 bits per heavy atom. The number of nitrogens with two attached hydrogens (primary N) is 1. The van der Waals surface area contributed by atoms with Gasteiger partial charge in [-0.15, -0.1) is 0 Å². The second kappa shape index (κ2) is 8.80. The van der Waals surface area contributed by atoms with E-state index in [-0.39, 0.29) is 5.91 Å². The van der Waals surface area contributed by atoms with Crippen molar-refractivity contribution >= 4 is 5.91 Å². The van der Waals surface area contributed by atoms with Gasteiger partial charge < -0.3 is 15.5 Å². The molecule has 1 aromatic rings. The average Bonchev–Trinajstić information content (AvgIpc) is 2.42. The molecule has 1 atom stereocenters. The van der Waals surface area contributed by atoms with Crippen molar-refractivity contribution in [2.24, 2.45) is 11.7 Å². The van der Waals surface area contributed by atoms with Crippen molar-refractivity contribution in [1.29, 1.82) is 0 Å². The summed E-state index contributed by atoms with van der Waals surface area (Å²) in [6.07, 6.45) is 0.728. The number of carbonyl (C=O) groups excluding carboxylic acids is 1. The molecule has 1 rings (SSSR count). The zero-order valence-corrected chi connectivity index (χ0v) is 13.7. The minimum Gasteiger partial charge on any atom is -0.336 e. The molecule has 0 unspecified atom stereocenters. The van der Waals surface area contributed by atoms with Gasteiger partial charge in [-0.05, 0) is 32.0 Å². The monoisotopic (exact) mass is 291 g/mol. The van der Waals surface area contributed by atoms with E-state index in [4.69, 9.17) is 5.73 Å². The second-order valence-electron chi connectivity index (χ2n) is 6.28. The van der Waals surface area contributed by atoms with Gasteiger partial charge >= 0.3 is 0 Å². The molecule has 0 saturated carbocycles. The summed E-state index contributed by atoms with van der Waals surface area (Å²) in [5.41, 5.74) is 7.21. The zero-order valence-electron chi connectivity index (χ0n) is 13.7. The fourth-order valence-corrected chi connectivity index (χ4v) is 2.23. The summed E-state index contributed by atoms with van der Waals surface area (Å²) < 4.78 is 0. The molecule has 21 heavy (non-hydrogen) atoms. The Hall–Kier alpha value is -1.39. The summed E-state index contributed by atoms with van der Waals surface area (Å²) in [5.74, 6) is 0.478. The van der Waals surface area contributed by atoms with Crippen LogP contribution in [0.1, 0.15) is 25.8 Å². The maximum Gasteiger partial charge on any atom is 0.239 e. The van der Waals surface area contributed by atoms with E-state index >= 15 is 0 Å². The highest BCUT2D eigenvalue weighted by Crippen LogP contribution is 2.10. The lowest BCUT2D eigenvalue weighted by atomic mass is 10.0. The van der Waals surface area contributed by atoms with Crippen molar-refractivity contribution < 1.29 is 4.79 Å². The third-order valence-corrected chi connectivity index (χ3v) is 3.39. The van der Waals surface area contributed by atoms with Crippen molar-refractivity contribution in [1.82, 2.24) is 9.80 Å². The second-order valence-corrected chi connectivity index (χ2v) is 6.28. The number of rotatable bonds is 8. The Kier molecular flexibility index (Phi) is 7.40. The fraction of sp³-hybridized carbons (Fsp3) is 0.588. The zero-order chi connectivity index (χ0) is 15.8. The predicted octanol–water partition coefficient (Wildman–Crippen LogP) is 1.95. The van der Waals surface area contributed by atoms with E-state index in [1.54, 1.807) is 0 Å². The fourth-order valence-electron chi connectivity index (χ4n) is 2.23. The van der Waals surface area contributed by atoms with Gasteiger partial charge in [0.15, 0.2) is 0 Å². The summed E-state index contributed by atoms with van der Waals surface area (Å²) in [7, 11) is 4.03. The van der Waals surface area contributed by atoms with Crippen molar-refractivity contribution in [3.05, 3.63) is 35.9 Å². The summed E-state index contributed by atoms with van der Waals surface area (Å²) in [6.45, 7) is 6.35. The van der Waals surface area contributed by atoms with Crippen molar-refractivity contribution in [2.45, 2.75) is 32.9 Å². The first-order valence-electron chi connectivity index (χ1n) is 7.63. The lowest BCUT2D eigenvalue weighted by molar-refractivity contribution is -0.133. The van der Waals surface area contributed by atoms with Crippen molar-refractivity contribution in [2.75, 3.05) is 27.2 Å². The lowest BCUT2D eigenvalue weighted by Crippen LogP contribution is -2.46. The van der Waals surface area contributed by atoms with Crippen LogP contribution < -0.4 is 5.73 Å². The standard InChI is InChI=1S/C17H29N3O/c1-14(2)12-16(18)17(21)20(11-10-19(3)4)13-15-8-6-5-7-9-15/h5-9,14,16H,10-13,18H2,1-4H3/t16-/m1/s1. The van der Waals surface area contributed by atoms with Crippen LogP contribution in [0, 0.1) is 5.92 Å². The molecule has 0 spiro atoms. The maximum absolute atomic E-state index is 12.6. The predicted molar refractivity (Wildman–Crippen MR) is 87.8 cm³/mol. The van der Waals surface area contributed by atoms with Crippen LogP contribution in [0.15, 0.2) is 30.3 Å². The van der Waals surface area contributed by atoms with Crippen molar-refractivity contribution in [3.8, 4) is 0 Å². The quantitative estimate of drug-likeness (QED) is 0.796. The summed E-state index contributed by atoms with van der Waals surface area (Å²) >= 11 is 0. The van der Waals surface area contributed by atoms with Crippen LogP contribution >= 0.6 is 0 Å². The van der Waals surface area contributed by atoms with Gasteiger partial charge in [0.2, 0.25) is 5.91 Å². The molecule has 0 aliphatic heterocycles. The van der Waals surface area contributed by atoms with Crippen LogP contribution in [-0.4, -0.2) is 48.9 Å². The smallest absolute Gasteiger partial charge is 0.239 e. The van der Waals surface area contributed by atoms with Gasteiger partial charge in [0.25, 0.3) is 0 Å². The number of hydrogen-bond acceptors (Lipinski definition) is 3. The van der Waals surface area contributed by atoms with E-state index in [9.17, 15) is 4.79 Å². The molecule has 0 aromatic heterocycles. The molecule has 4 nitrogen and oxygen atoms in total. The molecule has 4 heteroatoms. The Balaban J connectivity index is 2.73. The SMILES string of the molecule is CC(C)C[C@@H](N)C(=O)N(CCN(C)C)Cc1ccccc1. The Morgan fingerprint density at radius 2 is 1.76 bits per heavy atom. The Labute approximate surface area is 128 Å². The van der Waals surface area contributed by atoms with Gasteiger partial charge in [0, 0.05) is 19.6 Å². The van der Waals surface area contributed by atoms with Gasteiger partial charge in [-0.2, -0.15) is 0 Å². The van der Waals surface area contributed by atoms with Crippen LogP contribution in [0.5, 0.6) is 0 Å². The van der Waals surface area contributed by atoms with E-state index in [1.807, 2.05) is 49.3 Å². The molecule has 0 saturated heterocycles. The highest BCUT2D eigenvalue weighted by atomic mass is 16.2. The van der Waals surface area contributed by atoms with E-state index in [2.05, 4.69) is 18.7 Å². The third-order valence-electron chi connectivity index (χ3n) is 3.39. The molecule has 2 N–H and O–H groups in total. The summed E-state index contributed by atoms with van der Waals surface area (Å²) in [6, 6.07) is 9.67. The first-order chi connectivity index (χ1) is 9.90. The maximum atomic E-state index is 12.6. The number of hydrogen-bond donors (Lipinski definition) is 1. The minimum absolute atomic E-state index is 0.0504. The Morgan fingerprint density at radius 3 is 2.29 bits per heavy atom. The van der Waals surface area contributed by atoms with Crippen LogP contribution in [-0.2, 0) is 11.3 Å². The normalized spacial score (nSPS) is 12.7. The van der Waals surface area contributed by atoms with Gasteiger partial charge in [-0.3, -0.25) is 4.79 Å². The van der Waals surface area contributed by atoms with Gasteiger partial charge in [0.05, 0.1) is 6.04 Å². The van der Waals surface area contributed by atoms with Crippen molar-refractivity contribution in [3.63, 3.8) is 0 Å². The van der Waals surface area contributed by atoms with E-state index in [0.29, 0.717) is 19.0 Å². The average molecular weight is 291 g/mol. The number of likely N-dealkylation sites (N-methyl/N-ethyl adjacent to an activating group) is 1. The number of carbonyl (C=O) groups is 1. The van der Waals surface area contributed by atoms with E-state index in [1.165, 1.54) is 0 Å². The summed E-state index contributed by atoms with van der Waals surface area (Å²) in [5, 5.41) is 0. The van der Waals surface area contributed by atoms with Crippen LogP contribution in [0.25, 0.3) is 0 Å². The molecule has 0 aliphatic carbocycles. The molecule has 0 radical (unpaired) electrons. The Bertz CT molecular complexity index is 417. The largest absolute Gasteiger partial charge is 0.336 e. The molecule has 0 bridgehead atoms. The highest BCUT2D eigenvalue weighted by Gasteiger charge is 2.21. The molecule has 118 valence electrons. The van der Waals surface area contributed by atoms with Crippen LogP contribution in [0.3, 0.4) is 0 Å².